The highest BCUT2D eigenvalue weighted by Crippen LogP contribution is 2.33. The highest BCUT2D eigenvalue weighted by atomic mass is 16.5. The number of benzene rings is 4. The van der Waals surface area contributed by atoms with Crippen molar-refractivity contribution in [3.8, 4) is 16.9 Å². The maximum absolute atomic E-state index is 12.5. The highest BCUT2D eigenvalue weighted by molar-refractivity contribution is 5.99. The molecule has 0 aliphatic heterocycles. The Bertz CT molecular complexity index is 1180. The van der Waals surface area contributed by atoms with Crippen LogP contribution in [0.4, 0.5) is 0 Å². The molecule has 0 N–H and O–H groups in total. The predicted octanol–water partition coefficient (Wildman–Crippen LogP) is 6.85. The fourth-order valence-corrected chi connectivity index (χ4v) is 4.30. The van der Waals surface area contributed by atoms with Crippen molar-refractivity contribution in [3.05, 3.63) is 125 Å². The number of hydrogen-bond acceptors (Lipinski definition) is 2. The van der Waals surface area contributed by atoms with E-state index < -0.39 is 0 Å². The molecule has 0 heterocycles. The van der Waals surface area contributed by atoms with E-state index in [0.29, 0.717) is 13.0 Å². The molecule has 1 aliphatic rings. The first-order chi connectivity index (χ1) is 15.3. The smallest absolute Gasteiger partial charge is 0.163 e. The Kier molecular flexibility index (Phi) is 5.37. The minimum atomic E-state index is 0.238. The zero-order valence-corrected chi connectivity index (χ0v) is 17.3. The lowest BCUT2D eigenvalue weighted by molar-refractivity contribution is 0.0964. The molecule has 0 amide bonds. The van der Waals surface area contributed by atoms with Gasteiger partial charge in [0.15, 0.2) is 5.78 Å². The van der Waals surface area contributed by atoms with Gasteiger partial charge in [0.25, 0.3) is 0 Å². The van der Waals surface area contributed by atoms with Crippen molar-refractivity contribution in [3.63, 3.8) is 0 Å². The average Bonchev–Trinajstić information content (AvgIpc) is 2.84. The summed E-state index contributed by atoms with van der Waals surface area (Å²) in [5, 5.41) is 0. The van der Waals surface area contributed by atoms with Gasteiger partial charge in [-0.2, -0.15) is 0 Å². The summed E-state index contributed by atoms with van der Waals surface area (Å²) >= 11 is 0. The average molecular weight is 405 g/mol. The van der Waals surface area contributed by atoms with Gasteiger partial charge in [-0.05, 0) is 52.3 Å². The van der Waals surface area contributed by atoms with Crippen LogP contribution in [0.25, 0.3) is 11.1 Å². The molecule has 152 valence electrons. The maximum atomic E-state index is 12.5. The lowest BCUT2D eigenvalue weighted by Gasteiger charge is -2.24. The minimum absolute atomic E-state index is 0.238. The summed E-state index contributed by atoms with van der Waals surface area (Å²) in [4.78, 5) is 12.5. The molecule has 31 heavy (non-hydrogen) atoms. The van der Waals surface area contributed by atoms with Crippen LogP contribution in [-0.4, -0.2) is 5.78 Å². The molecule has 4 aromatic rings. The number of rotatable bonds is 5. The SMILES string of the molecule is O=C1CC(c2ccc(OCc3ccc(-c4ccccc4)cc3)cc2)Cc2ccccc21. The molecule has 2 heteroatoms. The van der Waals surface area contributed by atoms with Crippen molar-refractivity contribution in [2.24, 2.45) is 0 Å². The second-order valence-corrected chi connectivity index (χ2v) is 8.11. The van der Waals surface area contributed by atoms with E-state index in [-0.39, 0.29) is 11.7 Å². The summed E-state index contributed by atoms with van der Waals surface area (Å²) in [6.45, 7) is 0.531. The van der Waals surface area contributed by atoms with Crippen LogP contribution in [0.15, 0.2) is 103 Å². The van der Waals surface area contributed by atoms with Crippen molar-refractivity contribution in [1.29, 1.82) is 0 Å². The van der Waals surface area contributed by atoms with Gasteiger partial charge in [0, 0.05) is 12.0 Å². The molecule has 1 unspecified atom stereocenters. The van der Waals surface area contributed by atoms with Crippen molar-refractivity contribution in [2.75, 3.05) is 0 Å². The van der Waals surface area contributed by atoms with E-state index in [2.05, 4.69) is 66.7 Å². The summed E-state index contributed by atoms with van der Waals surface area (Å²) in [7, 11) is 0. The van der Waals surface area contributed by atoms with E-state index in [4.69, 9.17) is 4.74 Å². The van der Waals surface area contributed by atoms with Crippen molar-refractivity contribution in [2.45, 2.75) is 25.4 Å². The van der Waals surface area contributed by atoms with Gasteiger partial charge >= 0.3 is 0 Å². The van der Waals surface area contributed by atoms with E-state index in [1.165, 1.54) is 16.7 Å². The molecule has 1 atom stereocenters. The van der Waals surface area contributed by atoms with E-state index in [0.717, 1.165) is 28.9 Å². The summed E-state index contributed by atoms with van der Waals surface area (Å²) in [6.07, 6.45) is 1.49. The molecule has 0 bridgehead atoms. The number of ether oxygens (including phenoxy) is 1. The number of Topliss-reactive ketones (excluding diaryl/α,β-unsaturated/α-hetero) is 1. The van der Waals surface area contributed by atoms with Crippen molar-refractivity contribution in [1.82, 2.24) is 0 Å². The number of fused-ring (bicyclic) bond motifs is 1. The molecule has 0 saturated carbocycles. The van der Waals surface area contributed by atoms with Crippen LogP contribution in [0.3, 0.4) is 0 Å². The predicted molar refractivity (Wildman–Crippen MR) is 124 cm³/mol. The van der Waals surface area contributed by atoms with Gasteiger partial charge in [0.05, 0.1) is 0 Å². The molecule has 0 radical (unpaired) electrons. The normalized spacial score (nSPS) is 15.4. The van der Waals surface area contributed by atoms with Gasteiger partial charge in [-0.15, -0.1) is 0 Å². The van der Waals surface area contributed by atoms with Gasteiger partial charge in [-0.25, -0.2) is 0 Å². The molecular weight excluding hydrogens is 380 g/mol. The van der Waals surface area contributed by atoms with Gasteiger partial charge in [-0.1, -0.05) is 91.0 Å². The van der Waals surface area contributed by atoms with Crippen LogP contribution in [-0.2, 0) is 13.0 Å². The molecule has 4 aromatic carbocycles. The highest BCUT2D eigenvalue weighted by Gasteiger charge is 2.25. The van der Waals surface area contributed by atoms with Crippen LogP contribution in [0.1, 0.15) is 39.4 Å². The van der Waals surface area contributed by atoms with Crippen LogP contribution < -0.4 is 4.74 Å². The van der Waals surface area contributed by atoms with E-state index in [1.54, 1.807) is 0 Å². The molecule has 0 fully saturated rings. The van der Waals surface area contributed by atoms with E-state index in [1.807, 2.05) is 36.4 Å². The Morgan fingerprint density at radius 2 is 1.35 bits per heavy atom. The first-order valence-electron chi connectivity index (χ1n) is 10.7. The molecule has 1 aliphatic carbocycles. The topological polar surface area (TPSA) is 26.3 Å². The largest absolute Gasteiger partial charge is 0.489 e. The lowest BCUT2D eigenvalue weighted by atomic mass is 9.79. The number of hydrogen-bond donors (Lipinski definition) is 0. The van der Waals surface area contributed by atoms with Gasteiger partial charge in [0.2, 0.25) is 0 Å². The molecule has 2 nitrogen and oxygen atoms in total. The van der Waals surface area contributed by atoms with Crippen LogP contribution in [0.2, 0.25) is 0 Å². The van der Waals surface area contributed by atoms with E-state index in [9.17, 15) is 4.79 Å². The van der Waals surface area contributed by atoms with Gasteiger partial charge < -0.3 is 4.74 Å². The van der Waals surface area contributed by atoms with Crippen LogP contribution in [0.5, 0.6) is 5.75 Å². The minimum Gasteiger partial charge on any atom is -0.489 e. The van der Waals surface area contributed by atoms with Crippen LogP contribution >= 0.6 is 0 Å². The number of ketones is 1. The Hall–Kier alpha value is -3.65. The third kappa shape index (κ3) is 4.29. The number of carbonyl (C=O) groups is 1. The second-order valence-electron chi connectivity index (χ2n) is 8.11. The van der Waals surface area contributed by atoms with Crippen molar-refractivity contribution >= 4 is 5.78 Å². The molecular formula is C29H24O2. The van der Waals surface area contributed by atoms with Gasteiger partial charge in [-0.3, -0.25) is 4.79 Å². The zero-order valence-electron chi connectivity index (χ0n) is 17.3. The monoisotopic (exact) mass is 404 g/mol. The fraction of sp³-hybridized carbons (Fsp3) is 0.138. The summed E-state index contributed by atoms with van der Waals surface area (Å²) in [6, 6.07) is 35.0. The summed E-state index contributed by atoms with van der Waals surface area (Å²) in [5.74, 6) is 1.33. The lowest BCUT2D eigenvalue weighted by Crippen LogP contribution is -2.18. The first-order valence-corrected chi connectivity index (χ1v) is 10.7. The summed E-state index contributed by atoms with van der Waals surface area (Å²) in [5.41, 5.74) is 6.80. The quantitative estimate of drug-likeness (QED) is 0.364. The Balaban J connectivity index is 1.22. The molecule has 0 spiro atoms. The van der Waals surface area contributed by atoms with Crippen LogP contribution in [0, 0.1) is 0 Å². The Morgan fingerprint density at radius 3 is 2.13 bits per heavy atom. The Labute approximate surface area is 183 Å². The third-order valence-corrected chi connectivity index (χ3v) is 6.03. The fourth-order valence-electron chi connectivity index (χ4n) is 4.30. The zero-order chi connectivity index (χ0) is 21.0. The molecule has 0 aromatic heterocycles. The second kappa shape index (κ2) is 8.61. The first kappa shape index (κ1) is 19.3. The molecule has 0 saturated heterocycles. The van der Waals surface area contributed by atoms with E-state index >= 15 is 0 Å². The molecule has 5 rings (SSSR count). The summed E-state index contributed by atoms with van der Waals surface area (Å²) < 4.78 is 5.99. The standard InChI is InChI=1S/C29H24O2/c30-29-19-26(18-25-8-4-5-9-28(25)29)24-14-16-27(17-15-24)31-20-21-10-12-23(13-11-21)22-6-2-1-3-7-22/h1-17,26H,18-20H2. The number of carbonyl (C=O) groups excluding carboxylic acids is 1. The maximum Gasteiger partial charge on any atom is 0.163 e. The van der Waals surface area contributed by atoms with Crippen molar-refractivity contribution < 1.29 is 9.53 Å². The Morgan fingerprint density at radius 1 is 0.677 bits per heavy atom. The van der Waals surface area contributed by atoms with Gasteiger partial charge in [0.1, 0.15) is 12.4 Å². The third-order valence-electron chi connectivity index (χ3n) is 6.03.